The number of nitrogens with zero attached hydrogens (tertiary/aromatic N) is 2. The van der Waals surface area contributed by atoms with Crippen molar-refractivity contribution < 1.29 is 4.79 Å². The van der Waals surface area contributed by atoms with Crippen molar-refractivity contribution in [1.82, 2.24) is 15.2 Å². The summed E-state index contributed by atoms with van der Waals surface area (Å²) in [7, 11) is 0. The molecular weight excluding hydrogens is 378 g/mol. The molecule has 1 aliphatic heterocycles. The Bertz CT molecular complexity index is 1000. The van der Waals surface area contributed by atoms with E-state index in [1.807, 2.05) is 18.2 Å². The molecule has 0 radical (unpaired) electrons. The molecule has 1 fully saturated rings. The van der Waals surface area contributed by atoms with Crippen molar-refractivity contribution in [1.29, 1.82) is 0 Å². The molecule has 4 rings (SSSR count). The van der Waals surface area contributed by atoms with E-state index in [0.717, 1.165) is 34.1 Å². The lowest BCUT2D eigenvalue weighted by atomic mass is 10.0. The third kappa shape index (κ3) is 3.82. The van der Waals surface area contributed by atoms with E-state index in [4.69, 9.17) is 11.6 Å². The molecule has 0 aliphatic carbocycles. The highest BCUT2D eigenvalue weighted by molar-refractivity contribution is 7.21. The second kappa shape index (κ2) is 7.74. The van der Waals surface area contributed by atoms with Crippen LogP contribution >= 0.6 is 22.9 Å². The standard InChI is InChI=1S/C21H24ClN3OS/c1-13-6-7-17-15(11-13)19-16(20(22)24-17)12-18(27-19)21(26)23-8-10-25-9-4-3-5-14(25)2/h6-7,11-12,14H,3-5,8-10H2,1-2H3,(H,23,26)/t14-/m1/s1. The summed E-state index contributed by atoms with van der Waals surface area (Å²) in [6.07, 6.45) is 3.82. The molecule has 0 bridgehead atoms. The predicted molar refractivity (Wildman–Crippen MR) is 114 cm³/mol. The number of amides is 1. The number of aromatic nitrogens is 1. The minimum atomic E-state index is -0.0299. The second-order valence-electron chi connectivity index (χ2n) is 7.41. The van der Waals surface area contributed by atoms with E-state index in [1.165, 1.54) is 36.2 Å². The minimum Gasteiger partial charge on any atom is -0.350 e. The molecule has 3 heterocycles. The fourth-order valence-corrected chi connectivity index (χ4v) is 5.24. The van der Waals surface area contributed by atoms with Crippen molar-refractivity contribution in [2.24, 2.45) is 0 Å². The van der Waals surface area contributed by atoms with Crippen molar-refractivity contribution in [3.05, 3.63) is 39.9 Å². The highest BCUT2D eigenvalue weighted by atomic mass is 35.5. The van der Waals surface area contributed by atoms with Gasteiger partial charge in [-0.25, -0.2) is 4.98 Å². The third-order valence-electron chi connectivity index (χ3n) is 5.42. The molecule has 142 valence electrons. The molecule has 1 saturated heterocycles. The van der Waals surface area contributed by atoms with Crippen LogP contribution in [0.1, 0.15) is 41.4 Å². The first-order valence-electron chi connectivity index (χ1n) is 9.54. The number of hydrogen-bond donors (Lipinski definition) is 1. The lowest BCUT2D eigenvalue weighted by Crippen LogP contribution is -2.42. The number of thiophene rings is 1. The summed E-state index contributed by atoms with van der Waals surface area (Å²) in [6.45, 7) is 7.04. The molecule has 27 heavy (non-hydrogen) atoms. The number of pyridine rings is 1. The van der Waals surface area contributed by atoms with Crippen molar-refractivity contribution in [3.8, 4) is 0 Å². The monoisotopic (exact) mass is 401 g/mol. The second-order valence-corrected chi connectivity index (χ2v) is 8.82. The number of fused-ring (bicyclic) bond motifs is 3. The Morgan fingerprint density at radius 2 is 2.19 bits per heavy atom. The minimum absolute atomic E-state index is 0.0299. The van der Waals surface area contributed by atoms with Gasteiger partial charge in [0.15, 0.2) is 0 Å². The number of rotatable bonds is 4. The Hall–Kier alpha value is -1.69. The Balaban J connectivity index is 1.53. The molecule has 1 N–H and O–H groups in total. The van der Waals surface area contributed by atoms with E-state index in [0.29, 0.717) is 22.6 Å². The highest BCUT2D eigenvalue weighted by Gasteiger charge is 2.19. The quantitative estimate of drug-likeness (QED) is 0.624. The first-order valence-corrected chi connectivity index (χ1v) is 10.7. The summed E-state index contributed by atoms with van der Waals surface area (Å²) in [4.78, 5) is 20.3. The number of likely N-dealkylation sites (tertiary alicyclic amines) is 1. The molecular formula is C21H24ClN3OS. The van der Waals surface area contributed by atoms with Crippen molar-refractivity contribution in [2.45, 2.75) is 39.2 Å². The third-order valence-corrected chi connectivity index (χ3v) is 6.87. The first-order chi connectivity index (χ1) is 13.0. The van der Waals surface area contributed by atoms with Gasteiger partial charge in [0.1, 0.15) is 5.15 Å². The van der Waals surface area contributed by atoms with Gasteiger partial charge in [-0.05, 0) is 51.4 Å². The lowest BCUT2D eigenvalue weighted by Gasteiger charge is -2.33. The zero-order valence-corrected chi connectivity index (χ0v) is 17.3. The number of hydrogen-bond acceptors (Lipinski definition) is 4. The Morgan fingerprint density at radius 3 is 3.00 bits per heavy atom. The van der Waals surface area contributed by atoms with Crippen LogP contribution in [0.2, 0.25) is 5.15 Å². The fourth-order valence-electron chi connectivity index (χ4n) is 3.84. The van der Waals surface area contributed by atoms with Gasteiger partial charge in [0.25, 0.3) is 5.91 Å². The summed E-state index contributed by atoms with van der Waals surface area (Å²) in [6, 6.07) is 8.60. The number of benzene rings is 1. The van der Waals surface area contributed by atoms with Crippen LogP contribution < -0.4 is 5.32 Å². The van der Waals surface area contributed by atoms with Crippen LogP contribution in [0.25, 0.3) is 21.0 Å². The van der Waals surface area contributed by atoms with Crippen LogP contribution in [0.5, 0.6) is 0 Å². The average molecular weight is 402 g/mol. The Kier molecular flexibility index (Phi) is 5.35. The highest BCUT2D eigenvalue weighted by Crippen LogP contribution is 2.36. The molecule has 3 aromatic rings. The summed E-state index contributed by atoms with van der Waals surface area (Å²) >= 11 is 7.87. The smallest absolute Gasteiger partial charge is 0.261 e. The predicted octanol–water partition coefficient (Wildman–Crippen LogP) is 5.02. The molecule has 4 nitrogen and oxygen atoms in total. The topological polar surface area (TPSA) is 45.2 Å². The summed E-state index contributed by atoms with van der Waals surface area (Å²) in [5.41, 5.74) is 2.04. The fraction of sp³-hybridized carbons (Fsp3) is 0.429. The van der Waals surface area contributed by atoms with Crippen LogP contribution in [-0.4, -0.2) is 41.5 Å². The van der Waals surface area contributed by atoms with E-state index in [-0.39, 0.29) is 5.91 Å². The number of piperidine rings is 1. The first kappa shape index (κ1) is 18.7. The van der Waals surface area contributed by atoms with Gasteiger partial charge in [-0.1, -0.05) is 29.7 Å². The van der Waals surface area contributed by atoms with Gasteiger partial charge in [-0.15, -0.1) is 11.3 Å². The molecule has 1 amide bonds. The number of halogens is 1. The van der Waals surface area contributed by atoms with Gasteiger partial charge < -0.3 is 5.32 Å². The molecule has 1 aromatic carbocycles. The van der Waals surface area contributed by atoms with Crippen LogP contribution in [0.15, 0.2) is 24.3 Å². The largest absolute Gasteiger partial charge is 0.350 e. The molecule has 0 unspecified atom stereocenters. The van der Waals surface area contributed by atoms with E-state index in [2.05, 4.69) is 35.1 Å². The van der Waals surface area contributed by atoms with Crippen LogP contribution in [0.3, 0.4) is 0 Å². The zero-order chi connectivity index (χ0) is 19.0. The number of aryl methyl sites for hydroxylation is 1. The molecule has 0 spiro atoms. The maximum Gasteiger partial charge on any atom is 0.261 e. The van der Waals surface area contributed by atoms with E-state index >= 15 is 0 Å². The van der Waals surface area contributed by atoms with Crippen molar-refractivity contribution in [3.63, 3.8) is 0 Å². The summed E-state index contributed by atoms with van der Waals surface area (Å²) in [5.74, 6) is -0.0299. The Morgan fingerprint density at radius 1 is 1.33 bits per heavy atom. The number of carbonyl (C=O) groups is 1. The van der Waals surface area contributed by atoms with E-state index in [9.17, 15) is 4.79 Å². The summed E-state index contributed by atoms with van der Waals surface area (Å²) in [5, 5.41) is 5.44. The van der Waals surface area contributed by atoms with Gasteiger partial charge in [-0.2, -0.15) is 0 Å². The SMILES string of the molecule is Cc1ccc2nc(Cl)c3cc(C(=O)NCCN4CCCC[C@H]4C)sc3c2c1. The average Bonchev–Trinajstić information content (AvgIpc) is 3.10. The molecule has 2 aromatic heterocycles. The van der Waals surface area contributed by atoms with Gasteiger partial charge in [-0.3, -0.25) is 9.69 Å². The molecule has 1 aliphatic rings. The van der Waals surface area contributed by atoms with Gasteiger partial charge in [0.2, 0.25) is 0 Å². The van der Waals surface area contributed by atoms with Gasteiger partial charge in [0, 0.05) is 34.6 Å². The number of carbonyl (C=O) groups excluding carboxylic acids is 1. The van der Waals surface area contributed by atoms with Crippen LogP contribution in [0.4, 0.5) is 0 Å². The van der Waals surface area contributed by atoms with Gasteiger partial charge >= 0.3 is 0 Å². The number of nitrogens with one attached hydrogen (secondary N) is 1. The van der Waals surface area contributed by atoms with Crippen LogP contribution in [0, 0.1) is 6.92 Å². The Labute approximate surface area is 168 Å². The van der Waals surface area contributed by atoms with Crippen LogP contribution in [-0.2, 0) is 0 Å². The van der Waals surface area contributed by atoms with E-state index < -0.39 is 0 Å². The van der Waals surface area contributed by atoms with Crippen molar-refractivity contribution >= 4 is 49.8 Å². The molecule has 0 saturated carbocycles. The maximum absolute atomic E-state index is 12.7. The normalized spacial score (nSPS) is 18.3. The molecule has 1 atom stereocenters. The lowest BCUT2D eigenvalue weighted by molar-refractivity contribution is 0.0942. The van der Waals surface area contributed by atoms with Crippen molar-refractivity contribution in [2.75, 3.05) is 19.6 Å². The van der Waals surface area contributed by atoms with E-state index in [1.54, 1.807) is 0 Å². The molecule has 6 heteroatoms. The maximum atomic E-state index is 12.7. The summed E-state index contributed by atoms with van der Waals surface area (Å²) < 4.78 is 1.03. The van der Waals surface area contributed by atoms with Gasteiger partial charge in [0.05, 0.1) is 10.4 Å². The zero-order valence-electron chi connectivity index (χ0n) is 15.7.